The number of carbonyl (C=O) groups is 3. The van der Waals surface area contributed by atoms with Crippen LogP contribution >= 0.6 is 11.6 Å². The molecule has 0 atom stereocenters. The molecule has 0 saturated heterocycles. The molecule has 0 aliphatic carbocycles. The van der Waals surface area contributed by atoms with E-state index in [1.54, 1.807) is 24.3 Å². The molecule has 0 spiro atoms. The molecule has 120 valence electrons. The van der Waals surface area contributed by atoms with Crippen LogP contribution in [-0.4, -0.2) is 29.3 Å². The van der Waals surface area contributed by atoms with Gasteiger partial charge in [-0.3, -0.25) is 14.4 Å². The third-order valence-corrected chi connectivity index (χ3v) is 3.39. The Morgan fingerprint density at radius 1 is 0.955 bits per heavy atom. The van der Waals surface area contributed by atoms with E-state index in [2.05, 4.69) is 5.32 Å². The topological polar surface area (TPSA) is 83.5 Å². The van der Waals surface area contributed by atoms with Crippen LogP contribution in [0.25, 0.3) is 0 Å². The zero-order valence-corrected chi connectivity index (χ0v) is 13.1. The second-order valence-corrected chi connectivity index (χ2v) is 5.42. The van der Waals surface area contributed by atoms with Crippen molar-refractivity contribution < 1.29 is 19.5 Å². The molecule has 2 N–H and O–H groups in total. The molecule has 0 aromatic heterocycles. The van der Waals surface area contributed by atoms with Crippen LogP contribution in [0.15, 0.2) is 24.3 Å². The molecule has 0 aliphatic heterocycles. The second-order valence-electron chi connectivity index (χ2n) is 4.98. The maximum Gasteiger partial charge on any atom is 0.303 e. The third kappa shape index (κ3) is 7.78. The SMILES string of the molecule is O=C(O)CCCCCNC(=O)CCC(=O)c1ccc(Cl)cc1. The van der Waals surface area contributed by atoms with E-state index in [0.29, 0.717) is 23.6 Å². The van der Waals surface area contributed by atoms with Gasteiger partial charge in [-0.1, -0.05) is 18.0 Å². The lowest BCUT2D eigenvalue weighted by atomic mass is 10.1. The lowest BCUT2D eigenvalue weighted by Crippen LogP contribution is -2.24. The highest BCUT2D eigenvalue weighted by Crippen LogP contribution is 2.11. The number of Topliss-reactive ketones (excluding diaryl/α,β-unsaturated/α-hetero) is 1. The smallest absolute Gasteiger partial charge is 0.303 e. The number of amides is 1. The largest absolute Gasteiger partial charge is 0.481 e. The summed E-state index contributed by atoms with van der Waals surface area (Å²) < 4.78 is 0. The van der Waals surface area contributed by atoms with Crippen molar-refractivity contribution in [3.8, 4) is 0 Å². The molecule has 0 fully saturated rings. The summed E-state index contributed by atoms with van der Waals surface area (Å²) in [7, 11) is 0. The van der Waals surface area contributed by atoms with E-state index in [-0.39, 0.29) is 31.0 Å². The second kappa shape index (κ2) is 9.95. The molecule has 0 unspecified atom stereocenters. The number of aliphatic carboxylic acids is 1. The quantitative estimate of drug-likeness (QED) is 0.511. The zero-order valence-electron chi connectivity index (χ0n) is 12.3. The first kappa shape index (κ1) is 18.2. The number of hydrogen-bond donors (Lipinski definition) is 2. The van der Waals surface area contributed by atoms with E-state index >= 15 is 0 Å². The molecule has 0 radical (unpaired) electrons. The van der Waals surface area contributed by atoms with Crippen molar-refractivity contribution >= 4 is 29.3 Å². The molecular weight excluding hydrogens is 306 g/mol. The Bertz CT molecular complexity index is 513. The number of ketones is 1. The summed E-state index contributed by atoms with van der Waals surface area (Å²) in [5.41, 5.74) is 0.547. The zero-order chi connectivity index (χ0) is 16.4. The van der Waals surface area contributed by atoms with Gasteiger partial charge >= 0.3 is 5.97 Å². The number of benzene rings is 1. The summed E-state index contributed by atoms with van der Waals surface area (Å²) in [6.07, 6.45) is 2.58. The Morgan fingerprint density at radius 2 is 1.64 bits per heavy atom. The molecule has 1 amide bonds. The summed E-state index contributed by atoms with van der Waals surface area (Å²) in [5, 5.41) is 11.8. The maximum atomic E-state index is 11.9. The molecular formula is C16H20ClNO4. The first-order valence-electron chi connectivity index (χ1n) is 7.26. The van der Waals surface area contributed by atoms with Gasteiger partial charge in [0, 0.05) is 36.4 Å². The van der Waals surface area contributed by atoms with Gasteiger partial charge in [0.15, 0.2) is 5.78 Å². The minimum Gasteiger partial charge on any atom is -0.481 e. The fourth-order valence-corrected chi connectivity index (χ4v) is 2.03. The normalized spacial score (nSPS) is 10.2. The van der Waals surface area contributed by atoms with Crippen molar-refractivity contribution in [2.75, 3.05) is 6.54 Å². The van der Waals surface area contributed by atoms with Crippen molar-refractivity contribution in [2.45, 2.75) is 38.5 Å². The van der Waals surface area contributed by atoms with Crippen LogP contribution in [0.2, 0.25) is 5.02 Å². The fraction of sp³-hybridized carbons (Fsp3) is 0.438. The summed E-state index contributed by atoms with van der Waals surface area (Å²) >= 11 is 5.75. The van der Waals surface area contributed by atoms with E-state index in [1.165, 1.54) is 0 Å². The molecule has 1 aromatic rings. The Hall–Kier alpha value is -1.88. The van der Waals surface area contributed by atoms with Crippen LogP contribution in [0.5, 0.6) is 0 Å². The predicted octanol–water partition coefficient (Wildman–Crippen LogP) is 3.06. The number of carbonyl (C=O) groups excluding carboxylic acids is 2. The first-order valence-corrected chi connectivity index (χ1v) is 7.64. The average molecular weight is 326 g/mol. The van der Waals surface area contributed by atoms with E-state index in [9.17, 15) is 14.4 Å². The van der Waals surface area contributed by atoms with E-state index < -0.39 is 5.97 Å². The van der Waals surface area contributed by atoms with Crippen molar-refractivity contribution in [3.05, 3.63) is 34.9 Å². The van der Waals surface area contributed by atoms with Gasteiger partial charge in [0.05, 0.1) is 0 Å². The minimum absolute atomic E-state index is 0.0896. The van der Waals surface area contributed by atoms with E-state index in [0.717, 1.165) is 12.8 Å². The molecule has 1 aromatic carbocycles. The highest BCUT2D eigenvalue weighted by Gasteiger charge is 2.09. The van der Waals surface area contributed by atoms with Gasteiger partial charge in [-0.25, -0.2) is 0 Å². The Kier molecular flexibility index (Phi) is 8.22. The van der Waals surface area contributed by atoms with E-state index in [1.807, 2.05) is 0 Å². The van der Waals surface area contributed by atoms with Crippen molar-refractivity contribution in [1.82, 2.24) is 5.32 Å². The molecule has 0 bridgehead atoms. The van der Waals surface area contributed by atoms with Crippen LogP contribution in [0.4, 0.5) is 0 Å². The van der Waals surface area contributed by atoms with Crippen LogP contribution in [0.1, 0.15) is 48.9 Å². The Morgan fingerprint density at radius 3 is 2.27 bits per heavy atom. The van der Waals surface area contributed by atoms with E-state index in [4.69, 9.17) is 16.7 Å². The summed E-state index contributed by atoms with van der Waals surface area (Å²) in [5.74, 6) is -1.06. The number of unbranched alkanes of at least 4 members (excludes halogenated alkanes) is 2. The first-order chi connectivity index (χ1) is 10.5. The molecule has 6 heteroatoms. The van der Waals surface area contributed by atoms with Crippen molar-refractivity contribution in [1.29, 1.82) is 0 Å². The lowest BCUT2D eigenvalue weighted by Gasteiger charge is -2.05. The lowest BCUT2D eigenvalue weighted by molar-refractivity contribution is -0.137. The average Bonchev–Trinajstić information content (AvgIpc) is 2.48. The third-order valence-electron chi connectivity index (χ3n) is 3.13. The van der Waals surface area contributed by atoms with Gasteiger partial charge in [0.2, 0.25) is 5.91 Å². The molecule has 22 heavy (non-hydrogen) atoms. The summed E-state index contributed by atoms with van der Waals surface area (Å²) in [6.45, 7) is 0.508. The summed E-state index contributed by atoms with van der Waals surface area (Å²) in [4.78, 5) is 33.8. The highest BCUT2D eigenvalue weighted by atomic mass is 35.5. The van der Waals surface area contributed by atoms with Crippen LogP contribution in [-0.2, 0) is 9.59 Å². The Labute approximate surface area is 134 Å². The van der Waals surface area contributed by atoms with Gasteiger partial charge in [-0.05, 0) is 37.1 Å². The molecule has 0 heterocycles. The van der Waals surface area contributed by atoms with Gasteiger partial charge in [0.25, 0.3) is 0 Å². The highest BCUT2D eigenvalue weighted by molar-refractivity contribution is 6.30. The molecule has 0 saturated carbocycles. The predicted molar refractivity (Wildman–Crippen MR) is 84.1 cm³/mol. The van der Waals surface area contributed by atoms with Gasteiger partial charge < -0.3 is 10.4 Å². The number of carboxylic acid groups (broad SMARTS) is 1. The number of halogens is 1. The summed E-state index contributed by atoms with van der Waals surface area (Å²) in [6, 6.07) is 6.58. The number of rotatable bonds is 10. The van der Waals surface area contributed by atoms with Crippen LogP contribution in [0, 0.1) is 0 Å². The monoisotopic (exact) mass is 325 g/mol. The number of carboxylic acids is 1. The standard InChI is InChI=1S/C16H20ClNO4/c17-13-7-5-12(6-8-13)14(19)9-10-15(20)18-11-3-1-2-4-16(21)22/h5-8H,1-4,9-11H2,(H,18,20)(H,21,22). The Balaban J connectivity index is 2.13. The van der Waals surface area contributed by atoms with Gasteiger partial charge in [-0.2, -0.15) is 0 Å². The van der Waals surface area contributed by atoms with Gasteiger partial charge in [-0.15, -0.1) is 0 Å². The minimum atomic E-state index is -0.801. The van der Waals surface area contributed by atoms with Crippen molar-refractivity contribution in [3.63, 3.8) is 0 Å². The maximum absolute atomic E-state index is 11.9. The molecule has 5 nitrogen and oxygen atoms in total. The van der Waals surface area contributed by atoms with Crippen molar-refractivity contribution in [2.24, 2.45) is 0 Å². The number of hydrogen-bond acceptors (Lipinski definition) is 3. The van der Waals surface area contributed by atoms with Crippen LogP contribution in [0.3, 0.4) is 0 Å². The van der Waals surface area contributed by atoms with Gasteiger partial charge in [0.1, 0.15) is 0 Å². The molecule has 0 aliphatic rings. The fourth-order valence-electron chi connectivity index (χ4n) is 1.90. The number of nitrogens with one attached hydrogen (secondary N) is 1. The molecule has 1 rings (SSSR count). The van der Waals surface area contributed by atoms with Crippen LogP contribution < -0.4 is 5.32 Å².